The second-order valence-electron chi connectivity index (χ2n) is 9.34. The Morgan fingerprint density at radius 1 is 1.20 bits per heavy atom. The maximum absolute atomic E-state index is 9.64. The van der Waals surface area contributed by atoms with E-state index in [9.17, 15) is 5.11 Å². The maximum Gasteiger partial charge on any atom is 0.0897 e. The molecule has 4 rings (SSSR count). The first kappa shape index (κ1) is 25.6. The average molecular weight is 457 g/mol. The smallest absolute Gasteiger partial charge is 0.0897 e. The molecule has 0 bridgehead atoms. The van der Waals surface area contributed by atoms with Gasteiger partial charge in [-0.1, -0.05) is 48.9 Å². The monoisotopic (exact) mass is 456 g/mol. The summed E-state index contributed by atoms with van der Waals surface area (Å²) < 4.78 is 0. The first-order valence-electron chi connectivity index (χ1n) is 11.1. The van der Waals surface area contributed by atoms with E-state index in [0.29, 0.717) is 24.0 Å². The van der Waals surface area contributed by atoms with Gasteiger partial charge in [-0.05, 0) is 68.5 Å². The van der Waals surface area contributed by atoms with Crippen molar-refractivity contribution in [2.75, 3.05) is 26.2 Å². The molecule has 2 aliphatic carbocycles. The van der Waals surface area contributed by atoms with Gasteiger partial charge in [0.1, 0.15) is 0 Å². The van der Waals surface area contributed by atoms with Crippen molar-refractivity contribution >= 4 is 30.9 Å². The highest BCUT2D eigenvalue weighted by Crippen LogP contribution is 2.51. The molecule has 2 saturated carbocycles. The van der Waals surface area contributed by atoms with Gasteiger partial charge in [0.05, 0.1) is 12.7 Å². The molecule has 1 aromatic rings. The summed E-state index contributed by atoms with van der Waals surface area (Å²) in [5, 5.41) is 22.6. The Labute approximate surface area is 193 Å². The zero-order valence-corrected chi connectivity index (χ0v) is 19.6. The molecular weight excluding hydrogens is 419 g/mol. The van der Waals surface area contributed by atoms with Gasteiger partial charge in [-0.15, -0.1) is 24.8 Å². The van der Waals surface area contributed by atoms with Crippen molar-refractivity contribution in [1.29, 1.82) is 0 Å². The number of β-amino-alcohol motifs (C(OH)–C–C–N with tert-alkyl or cyclic N) is 1. The minimum absolute atomic E-state index is 0. The summed E-state index contributed by atoms with van der Waals surface area (Å²) in [6.45, 7) is 4.90. The second-order valence-corrected chi connectivity index (χ2v) is 9.34. The molecule has 30 heavy (non-hydrogen) atoms. The zero-order chi connectivity index (χ0) is 19.6. The molecule has 1 saturated heterocycles. The molecule has 0 radical (unpaired) electrons. The summed E-state index contributed by atoms with van der Waals surface area (Å²) in [5.41, 5.74) is 3.45. The number of halogens is 2. The van der Waals surface area contributed by atoms with Crippen molar-refractivity contribution in [3.8, 4) is 0 Å². The van der Waals surface area contributed by atoms with Gasteiger partial charge in [-0.3, -0.25) is 0 Å². The third kappa shape index (κ3) is 6.21. The number of nitrogens with zero attached hydrogens (tertiary/aromatic N) is 1. The minimum Gasteiger partial charge on any atom is -0.394 e. The van der Waals surface area contributed by atoms with Crippen LogP contribution in [-0.2, 0) is 0 Å². The normalized spacial score (nSPS) is 27.0. The van der Waals surface area contributed by atoms with Gasteiger partial charge in [-0.25, -0.2) is 0 Å². The van der Waals surface area contributed by atoms with Gasteiger partial charge in [0.15, 0.2) is 0 Å². The van der Waals surface area contributed by atoms with Crippen molar-refractivity contribution in [2.45, 2.75) is 63.6 Å². The van der Waals surface area contributed by atoms with Crippen LogP contribution in [0.25, 0.3) is 6.08 Å². The predicted octanol–water partition coefficient (Wildman–Crippen LogP) is 3.90. The number of hydrogen-bond donors (Lipinski definition) is 3. The molecule has 3 fully saturated rings. The van der Waals surface area contributed by atoms with Crippen LogP contribution in [-0.4, -0.2) is 59.5 Å². The van der Waals surface area contributed by atoms with E-state index in [1.165, 1.54) is 37.7 Å². The molecular formula is C24H38Cl2N2O2. The quantitative estimate of drug-likeness (QED) is 0.554. The highest BCUT2D eigenvalue weighted by atomic mass is 35.5. The van der Waals surface area contributed by atoms with E-state index in [-0.39, 0.29) is 31.4 Å². The maximum atomic E-state index is 9.64. The van der Waals surface area contributed by atoms with Crippen LogP contribution in [0.3, 0.4) is 0 Å². The molecule has 1 aliphatic heterocycles. The van der Waals surface area contributed by atoms with Crippen molar-refractivity contribution in [2.24, 2.45) is 11.3 Å². The molecule has 3 N–H and O–H groups in total. The fraction of sp³-hybridized carbons (Fsp3) is 0.667. The number of aliphatic hydroxyl groups is 2. The Morgan fingerprint density at radius 2 is 1.87 bits per heavy atom. The third-order valence-corrected chi connectivity index (χ3v) is 7.23. The Kier molecular flexibility index (Phi) is 9.66. The van der Waals surface area contributed by atoms with Crippen LogP contribution in [0.5, 0.6) is 0 Å². The van der Waals surface area contributed by atoms with Gasteiger partial charge in [0, 0.05) is 18.6 Å². The summed E-state index contributed by atoms with van der Waals surface area (Å²) in [5.74, 6) is 0.726. The van der Waals surface area contributed by atoms with Gasteiger partial charge in [0.25, 0.3) is 0 Å². The Morgan fingerprint density at radius 3 is 2.47 bits per heavy atom. The van der Waals surface area contributed by atoms with Crippen molar-refractivity contribution < 1.29 is 10.2 Å². The SMILES string of the molecule is CC/C(=C\c1ccccc1)[C@@H]1C[C@H]1NC1CC2(CCN(C[C@H](O)CO)CC2)C1.Cl.Cl. The molecule has 0 amide bonds. The van der Waals surface area contributed by atoms with Gasteiger partial charge >= 0.3 is 0 Å². The second kappa shape index (κ2) is 11.3. The fourth-order valence-corrected chi connectivity index (χ4v) is 5.40. The minimum atomic E-state index is -0.589. The number of aliphatic hydroxyl groups excluding tert-OH is 2. The van der Waals surface area contributed by atoms with Crippen LogP contribution >= 0.6 is 24.8 Å². The van der Waals surface area contributed by atoms with Gasteiger partial charge < -0.3 is 20.4 Å². The summed E-state index contributed by atoms with van der Waals surface area (Å²) in [6, 6.07) is 12.1. The number of nitrogens with one attached hydrogen (secondary N) is 1. The van der Waals surface area contributed by atoms with Crippen molar-refractivity contribution in [1.82, 2.24) is 10.2 Å². The molecule has 1 heterocycles. The molecule has 0 unspecified atom stereocenters. The standard InChI is InChI=1S/C24H36N2O2.2ClH/c1-2-19(12-18-6-4-3-5-7-18)22-13-23(22)25-20-14-24(15-20)8-10-26(11-9-24)16-21(28)17-27;;/h3-7,12,20-23,25,27-28H,2,8-11,13-17H2,1H3;2*1H/b19-12+;;/t21-,22-,23+;;/m0../s1. The van der Waals surface area contributed by atoms with Crippen LogP contribution in [0.1, 0.15) is 51.0 Å². The molecule has 4 nitrogen and oxygen atoms in total. The van der Waals surface area contributed by atoms with Crippen molar-refractivity contribution in [3.63, 3.8) is 0 Å². The van der Waals surface area contributed by atoms with E-state index in [4.69, 9.17) is 5.11 Å². The van der Waals surface area contributed by atoms with E-state index in [1.807, 2.05) is 0 Å². The van der Waals surface area contributed by atoms with Crippen LogP contribution in [0.4, 0.5) is 0 Å². The molecule has 3 atom stereocenters. The Hall–Kier alpha value is -0.620. The lowest BCUT2D eigenvalue weighted by atomic mass is 9.60. The molecule has 1 aromatic carbocycles. The highest BCUT2D eigenvalue weighted by Gasteiger charge is 2.49. The zero-order valence-electron chi connectivity index (χ0n) is 18.0. The largest absolute Gasteiger partial charge is 0.394 e. The van der Waals surface area contributed by atoms with Crippen LogP contribution in [0, 0.1) is 11.3 Å². The average Bonchev–Trinajstić information content (AvgIpc) is 3.46. The number of rotatable bonds is 8. The van der Waals surface area contributed by atoms with E-state index in [1.54, 1.807) is 5.57 Å². The van der Waals surface area contributed by atoms with Crippen LogP contribution < -0.4 is 5.32 Å². The Balaban J connectivity index is 0.00000160. The molecule has 170 valence electrons. The molecule has 3 aliphatic rings. The summed E-state index contributed by atoms with van der Waals surface area (Å²) in [7, 11) is 0. The van der Waals surface area contributed by atoms with Crippen LogP contribution in [0.2, 0.25) is 0 Å². The topological polar surface area (TPSA) is 55.7 Å². The molecule has 1 spiro atoms. The summed E-state index contributed by atoms with van der Waals surface area (Å²) in [4.78, 5) is 2.31. The number of likely N-dealkylation sites (tertiary alicyclic amines) is 1. The van der Waals surface area contributed by atoms with E-state index >= 15 is 0 Å². The van der Waals surface area contributed by atoms with Crippen LogP contribution in [0.15, 0.2) is 35.9 Å². The first-order valence-corrected chi connectivity index (χ1v) is 11.1. The van der Waals surface area contributed by atoms with E-state index in [2.05, 4.69) is 53.5 Å². The Bertz CT molecular complexity index is 669. The predicted molar refractivity (Wildman–Crippen MR) is 128 cm³/mol. The third-order valence-electron chi connectivity index (χ3n) is 7.23. The summed E-state index contributed by atoms with van der Waals surface area (Å²) >= 11 is 0. The molecule has 0 aromatic heterocycles. The molecule has 6 heteroatoms. The highest BCUT2D eigenvalue weighted by molar-refractivity contribution is 5.85. The van der Waals surface area contributed by atoms with E-state index in [0.717, 1.165) is 25.4 Å². The summed E-state index contributed by atoms with van der Waals surface area (Å²) in [6.07, 6.45) is 9.35. The van der Waals surface area contributed by atoms with Gasteiger partial charge in [0.2, 0.25) is 0 Å². The fourth-order valence-electron chi connectivity index (χ4n) is 5.40. The first-order chi connectivity index (χ1) is 13.6. The number of benzene rings is 1. The van der Waals surface area contributed by atoms with E-state index < -0.39 is 6.10 Å². The van der Waals surface area contributed by atoms with Gasteiger partial charge in [-0.2, -0.15) is 0 Å². The number of piperidine rings is 1. The number of hydrogen-bond acceptors (Lipinski definition) is 4. The lowest BCUT2D eigenvalue weighted by molar-refractivity contribution is -0.0145. The lowest BCUT2D eigenvalue weighted by Crippen LogP contribution is -2.55. The van der Waals surface area contributed by atoms with Crippen molar-refractivity contribution in [3.05, 3.63) is 41.5 Å². The lowest BCUT2D eigenvalue weighted by Gasteiger charge is -2.53.